The molecule has 36 heavy (non-hydrogen) atoms. The predicted octanol–water partition coefficient (Wildman–Crippen LogP) is -0.900. The van der Waals surface area contributed by atoms with Crippen molar-refractivity contribution in [1.82, 2.24) is 9.80 Å². The van der Waals surface area contributed by atoms with Crippen molar-refractivity contribution in [3.8, 4) is 0 Å². The molecule has 1 aromatic rings. The number of nitrogens with zero attached hydrogens (tertiary/aromatic N) is 2. The fraction of sp³-hybridized carbons (Fsp3) is 0.700. The lowest BCUT2D eigenvalue weighted by molar-refractivity contribution is 0.0706. The van der Waals surface area contributed by atoms with Crippen molar-refractivity contribution in [2.24, 2.45) is 22.9 Å². The summed E-state index contributed by atoms with van der Waals surface area (Å²) in [7, 11) is 0. The molecule has 0 aliphatic carbocycles. The van der Waals surface area contributed by atoms with Gasteiger partial charge in [-0.15, -0.1) is 74.4 Å². The van der Waals surface area contributed by atoms with Crippen molar-refractivity contribution in [3.05, 3.63) is 35.4 Å². The smallest absolute Gasteiger partial charge is 0.0789 e. The van der Waals surface area contributed by atoms with Crippen LogP contribution >= 0.6 is 74.4 Å². The number of aliphatic hydroxyl groups is 4. The zero-order valence-corrected chi connectivity index (χ0v) is 25.0. The minimum Gasteiger partial charge on any atom is -0.390 e. The first-order valence-corrected chi connectivity index (χ1v) is 10.4. The van der Waals surface area contributed by atoms with E-state index in [-0.39, 0.29) is 101 Å². The van der Waals surface area contributed by atoms with Crippen molar-refractivity contribution in [1.29, 1.82) is 0 Å². The van der Waals surface area contributed by atoms with Crippen LogP contribution in [0.15, 0.2) is 24.3 Å². The molecule has 0 aliphatic rings. The molecule has 1 rings (SSSR count). The molecular formula is C20H46Cl6N6O4. The molecule has 0 saturated carbocycles. The minimum atomic E-state index is -0.675. The third kappa shape index (κ3) is 21.5. The van der Waals surface area contributed by atoms with Crippen LogP contribution in [0, 0.1) is 0 Å². The van der Waals surface area contributed by atoms with Gasteiger partial charge in [0, 0.05) is 65.4 Å². The Bertz CT molecular complexity index is 515. The van der Waals surface area contributed by atoms with Crippen molar-refractivity contribution in [2.45, 2.75) is 37.5 Å². The van der Waals surface area contributed by atoms with Crippen LogP contribution in [0.25, 0.3) is 0 Å². The van der Waals surface area contributed by atoms with Gasteiger partial charge in [0.15, 0.2) is 0 Å². The average molecular weight is 647 g/mol. The molecule has 12 N–H and O–H groups in total. The van der Waals surface area contributed by atoms with Crippen molar-refractivity contribution in [2.75, 3.05) is 52.4 Å². The van der Waals surface area contributed by atoms with Crippen molar-refractivity contribution >= 4 is 74.4 Å². The SMILES string of the molecule is Cl.Cl.Cl.Cl.Cl.Cl.NCC(O)CN(Cc1ccc(CN(CC(O)CN)CC(O)CN)cc1)CC(O)CN. The summed E-state index contributed by atoms with van der Waals surface area (Å²) in [6.07, 6.45) is -2.70. The Morgan fingerprint density at radius 1 is 0.472 bits per heavy atom. The standard InChI is InChI=1S/C20H40N6O4.6ClH/c21-5-17(27)11-25(12-18(28)6-22)9-15-1-2-16(4-3-15)10-26(13-19(29)7-23)14-20(30)8-24;;;;;;/h1-4,17-20,27-30H,5-14,21-24H2;6*1H. The second kappa shape index (κ2) is 28.6. The average Bonchev–Trinajstić information content (AvgIpc) is 2.74. The molecule has 0 aromatic heterocycles. The van der Waals surface area contributed by atoms with Crippen LogP contribution in [0.2, 0.25) is 0 Å². The third-order valence-corrected chi connectivity index (χ3v) is 4.80. The first-order chi connectivity index (χ1) is 14.3. The maximum absolute atomic E-state index is 9.88. The van der Waals surface area contributed by atoms with Gasteiger partial charge in [-0.1, -0.05) is 24.3 Å². The van der Waals surface area contributed by atoms with Crippen molar-refractivity contribution < 1.29 is 20.4 Å². The van der Waals surface area contributed by atoms with Gasteiger partial charge in [0.05, 0.1) is 24.4 Å². The fourth-order valence-corrected chi connectivity index (χ4v) is 3.16. The topological polar surface area (TPSA) is 191 Å². The summed E-state index contributed by atoms with van der Waals surface area (Å²) in [6, 6.07) is 7.90. The molecule has 0 amide bonds. The summed E-state index contributed by atoms with van der Waals surface area (Å²) < 4.78 is 0. The van der Waals surface area contributed by atoms with Gasteiger partial charge >= 0.3 is 0 Å². The molecule has 4 atom stereocenters. The van der Waals surface area contributed by atoms with E-state index in [1.807, 2.05) is 34.1 Å². The Labute approximate surface area is 252 Å². The second-order valence-electron chi connectivity index (χ2n) is 7.76. The molecule has 0 bridgehead atoms. The summed E-state index contributed by atoms with van der Waals surface area (Å²) in [4.78, 5) is 3.84. The normalized spacial score (nSPS) is 13.4. The van der Waals surface area contributed by atoms with Gasteiger partial charge in [0.25, 0.3) is 0 Å². The van der Waals surface area contributed by atoms with Gasteiger partial charge in [0.2, 0.25) is 0 Å². The molecular weight excluding hydrogens is 601 g/mol. The summed E-state index contributed by atoms with van der Waals surface area (Å²) in [5.41, 5.74) is 24.1. The van der Waals surface area contributed by atoms with E-state index in [1.54, 1.807) is 0 Å². The van der Waals surface area contributed by atoms with Crippen LogP contribution in [0.1, 0.15) is 11.1 Å². The number of benzene rings is 1. The van der Waals surface area contributed by atoms with Gasteiger partial charge in [-0.05, 0) is 11.1 Å². The number of hydrogen-bond donors (Lipinski definition) is 8. The highest BCUT2D eigenvalue weighted by molar-refractivity contribution is 5.86. The second-order valence-corrected chi connectivity index (χ2v) is 7.76. The molecule has 222 valence electrons. The molecule has 0 saturated heterocycles. The van der Waals surface area contributed by atoms with Crippen molar-refractivity contribution in [3.63, 3.8) is 0 Å². The van der Waals surface area contributed by atoms with E-state index < -0.39 is 24.4 Å². The molecule has 10 nitrogen and oxygen atoms in total. The first-order valence-electron chi connectivity index (χ1n) is 10.4. The largest absolute Gasteiger partial charge is 0.390 e. The highest BCUT2D eigenvalue weighted by Crippen LogP contribution is 2.12. The van der Waals surface area contributed by atoms with E-state index >= 15 is 0 Å². The quantitative estimate of drug-likeness (QED) is 0.112. The highest BCUT2D eigenvalue weighted by atomic mass is 35.5. The van der Waals surface area contributed by atoms with E-state index in [0.29, 0.717) is 39.3 Å². The summed E-state index contributed by atoms with van der Waals surface area (Å²) in [5.74, 6) is 0. The van der Waals surface area contributed by atoms with Crippen LogP contribution in [-0.4, -0.2) is 107 Å². The van der Waals surface area contributed by atoms with Gasteiger partial charge in [0.1, 0.15) is 0 Å². The van der Waals surface area contributed by atoms with E-state index in [9.17, 15) is 20.4 Å². The monoisotopic (exact) mass is 644 g/mol. The van der Waals surface area contributed by atoms with E-state index in [2.05, 4.69) is 0 Å². The van der Waals surface area contributed by atoms with E-state index in [0.717, 1.165) is 11.1 Å². The van der Waals surface area contributed by atoms with Crippen LogP contribution < -0.4 is 22.9 Å². The summed E-state index contributed by atoms with van der Waals surface area (Å²) >= 11 is 0. The lowest BCUT2D eigenvalue weighted by Gasteiger charge is -2.27. The molecule has 0 radical (unpaired) electrons. The Kier molecular flexibility index (Phi) is 39.3. The van der Waals surface area contributed by atoms with Crippen LogP contribution in [-0.2, 0) is 13.1 Å². The Morgan fingerprint density at radius 2 is 0.667 bits per heavy atom. The van der Waals surface area contributed by atoms with Crippen LogP contribution in [0.3, 0.4) is 0 Å². The molecule has 4 unspecified atom stereocenters. The molecule has 1 aromatic carbocycles. The lowest BCUT2D eigenvalue weighted by atomic mass is 10.1. The van der Waals surface area contributed by atoms with Gasteiger partial charge in [-0.2, -0.15) is 0 Å². The van der Waals surface area contributed by atoms with Gasteiger partial charge < -0.3 is 43.4 Å². The number of aliphatic hydroxyl groups excluding tert-OH is 4. The first kappa shape index (κ1) is 49.5. The number of nitrogens with two attached hydrogens (primary N) is 4. The zero-order chi connectivity index (χ0) is 22.5. The Morgan fingerprint density at radius 3 is 0.833 bits per heavy atom. The van der Waals surface area contributed by atoms with E-state index in [4.69, 9.17) is 22.9 Å². The molecule has 16 heteroatoms. The highest BCUT2D eigenvalue weighted by Gasteiger charge is 2.17. The van der Waals surface area contributed by atoms with Crippen LogP contribution in [0.5, 0.6) is 0 Å². The number of rotatable bonds is 16. The molecule has 0 aliphatic heterocycles. The zero-order valence-electron chi connectivity index (χ0n) is 20.1. The predicted molar refractivity (Wildman–Crippen MR) is 161 cm³/mol. The van der Waals surface area contributed by atoms with E-state index in [1.165, 1.54) is 0 Å². The lowest BCUT2D eigenvalue weighted by Crippen LogP contribution is -2.42. The molecule has 0 fully saturated rings. The van der Waals surface area contributed by atoms with Crippen LogP contribution in [0.4, 0.5) is 0 Å². The Balaban J connectivity index is -0.000000375. The number of hydrogen-bond acceptors (Lipinski definition) is 10. The fourth-order valence-electron chi connectivity index (χ4n) is 3.16. The third-order valence-electron chi connectivity index (χ3n) is 4.80. The number of halogens is 6. The maximum Gasteiger partial charge on any atom is 0.0789 e. The van der Waals surface area contributed by atoms with Gasteiger partial charge in [-0.25, -0.2) is 0 Å². The minimum absolute atomic E-state index is 0. The Hall–Kier alpha value is 0.560. The summed E-state index contributed by atoms with van der Waals surface area (Å²) in [6.45, 7) is 3.04. The van der Waals surface area contributed by atoms with Gasteiger partial charge in [-0.3, -0.25) is 9.80 Å². The summed E-state index contributed by atoms with van der Waals surface area (Å²) in [5, 5.41) is 39.5. The molecule has 0 spiro atoms. The molecule has 0 heterocycles. The maximum atomic E-state index is 9.88.